The SMILES string of the molecule is O=C(ON1C(=O)c2ccccc2C1=O)c1cccc(OCC(F)(F)F)n1. The van der Waals surface area contributed by atoms with E-state index in [0.29, 0.717) is 0 Å². The lowest BCUT2D eigenvalue weighted by Gasteiger charge is -2.13. The van der Waals surface area contributed by atoms with Gasteiger partial charge in [0.05, 0.1) is 11.1 Å². The van der Waals surface area contributed by atoms with Crippen molar-refractivity contribution in [3.05, 3.63) is 59.3 Å². The molecule has 134 valence electrons. The van der Waals surface area contributed by atoms with Crippen molar-refractivity contribution in [1.29, 1.82) is 0 Å². The number of halogens is 3. The minimum atomic E-state index is -4.57. The summed E-state index contributed by atoms with van der Waals surface area (Å²) >= 11 is 0. The zero-order valence-electron chi connectivity index (χ0n) is 12.8. The summed E-state index contributed by atoms with van der Waals surface area (Å²) in [5, 5.41) is 0.276. The Bertz CT molecular complexity index is 862. The van der Waals surface area contributed by atoms with Crippen LogP contribution in [0.25, 0.3) is 0 Å². The first kappa shape index (κ1) is 17.4. The van der Waals surface area contributed by atoms with E-state index in [1.54, 1.807) is 12.1 Å². The maximum Gasteiger partial charge on any atom is 0.422 e. The molecule has 1 aromatic carbocycles. The summed E-state index contributed by atoms with van der Waals surface area (Å²) in [6.45, 7) is -1.59. The Balaban J connectivity index is 1.73. The number of carbonyl (C=O) groups excluding carboxylic acids is 3. The molecule has 1 aliphatic heterocycles. The summed E-state index contributed by atoms with van der Waals surface area (Å²) in [5.74, 6) is -3.32. The number of nitrogens with zero attached hydrogens (tertiary/aromatic N) is 2. The average molecular weight is 366 g/mol. The molecule has 0 saturated heterocycles. The molecule has 0 atom stereocenters. The lowest BCUT2D eigenvalue weighted by Crippen LogP contribution is -2.33. The third-order valence-corrected chi connectivity index (χ3v) is 3.25. The molecule has 0 unspecified atom stereocenters. The molecule has 1 aromatic heterocycles. The van der Waals surface area contributed by atoms with Crippen molar-refractivity contribution in [3.63, 3.8) is 0 Å². The van der Waals surface area contributed by atoms with Gasteiger partial charge in [0.2, 0.25) is 5.88 Å². The van der Waals surface area contributed by atoms with E-state index in [0.717, 1.165) is 12.1 Å². The summed E-state index contributed by atoms with van der Waals surface area (Å²) in [6.07, 6.45) is -4.57. The molecule has 3 rings (SSSR count). The van der Waals surface area contributed by atoms with Crippen LogP contribution < -0.4 is 4.74 Å². The second-order valence-electron chi connectivity index (χ2n) is 5.09. The molecule has 2 heterocycles. The van der Waals surface area contributed by atoms with Gasteiger partial charge in [-0.2, -0.15) is 13.2 Å². The fourth-order valence-electron chi connectivity index (χ4n) is 2.14. The second kappa shape index (κ2) is 6.47. The van der Waals surface area contributed by atoms with E-state index in [1.807, 2.05) is 0 Å². The van der Waals surface area contributed by atoms with Crippen LogP contribution in [-0.4, -0.2) is 40.6 Å². The maximum absolute atomic E-state index is 12.2. The van der Waals surface area contributed by atoms with Gasteiger partial charge in [0.25, 0.3) is 11.8 Å². The number of hydroxylamine groups is 2. The minimum absolute atomic E-state index is 0.0699. The molecule has 0 N–H and O–H groups in total. The number of carbonyl (C=O) groups is 3. The maximum atomic E-state index is 12.2. The van der Waals surface area contributed by atoms with Gasteiger partial charge in [0, 0.05) is 6.07 Å². The highest BCUT2D eigenvalue weighted by Gasteiger charge is 2.39. The lowest BCUT2D eigenvalue weighted by molar-refractivity contribution is -0.154. The van der Waals surface area contributed by atoms with Crippen LogP contribution in [0.4, 0.5) is 13.2 Å². The zero-order valence-corrected chi connectivity index (χ0v) is 12.8. The molecule has 10 heteroatoms. The molecule has 0 radical (unpaired) electrons. The number of fused-ring (bicyclic) bond motifs is 1. The van der Waals surface area contributed by atoms with Gasteiger partial charge in [-0.3, -0.25) is 9.59 Å². The van der Waals surface area contributed by atoms with Gasteiger partial charge < -0.3 is 9.57 Å². The number of imide groups is 1. The molecule has 26 heavy (non-hydrogen) atoms. The van der Waals surface area contributed by atoms with Crippen molar-refractivity contribution < 1.29 is 37.1 Å². The standard InChI is InChI=1S/C16H9F3N2O5/c17-16(18,19)8-25-12-7-3-6-11(20-12)15(24)26-21-13(22)9-4-1-2-5-10(9)14(21)23/h1-7H,8H2. The molecule has 2 aromatic rings. The van der Waals surface area contributed by atoms with E-state index in [1.165, 1.54) is 18.2 Å². The van der Waals surface area contributed by atoms with Crippen molar-refractivity contribution in [2.24, 2.45) is 0 Å². The Morgan fingerprint density at radius 1 is 1.00 bits per heavy atom. The number of ether oxygens (including phenoxy) is 1. The van der Waals surface area contributed by atoms with Crippen LogP contribution in [0.1, 0.15) is 31.2 Å². The van der Waals surface area contributed by atoms with Gasteiger partial charge in [-0.25, -0.2) is 9.78 Å². The average Bonchev–Trinajstić information content (AvgIpc) is 2.85. The van der Waals surface area contributed by atoms with Gasteiger partial charge in [0.15, 0.2) is 12.3 Å². The van der Waals surface area contributed by atoms with Crippen LogP contribution in [0.2, 0.25) is 0 Å². The van der Waals surface area contributed by atoms with Crippen LogP contribution in [0.5, 0.6) is 5.88 Å². The minimum Gasteiger partial charge on any atom is -0.468 e. The van der Waals surface area contributed by atoms with E-state index >= 15 is 0 Å². The monoisotopic (exact) mass is 366 g/mol. The van der Waals surface area contributed by atoms with Gasteiger partial charge >= 0.3 is 12.1 Å². The number of hydrogen-bond donors (Lipinski definition) is 0. The summed E-state index contributed by atoms with van der Waals surface area (Å²) in [4.78, 5) is 44.6. The third kappa shape index (κ3) is 3.48. The molecule has 7 nitrogen and oxygen atoms in total. The third-order valence-electron chi connectivity index (χ3n) is 3.25. The van der Waals surface area contributed by atoms with Crippen molar-refractivity contribution in [2.45, 2.75) is 6.18 Å². The number of alkyl halides is 3. The summed E-state index contributed by atoms with van der Waals surface area (Å²) < 4.78 is 40.9. The van der Waals surface area contributed by atoms with E-state index in [4.69, 9.17) is 4.84 Å². The van der Waals surface area contributed by atoms with E-state index < -0.39 is 42.1 Å². The van der Waals surface area contributed by atoms with Crippen LogP contribution in [0.15, 0.2) is 42.5 Å². The van der Waals surface area contributed by atoms with Crippen LogP contribution in [0, 0.1) is 0 Å². The van der Waals surface area contributed by atoms with E-state index in [-0.39, 0.29) is 16.2 Å². The summed E-state index contributed by atoms with van der Waals surface area (Å²) in [6, 6.07) is 9.35. The number of pyridine rings is 1. The Morgan fingerprint density at radius 3 is 2.19 bits per heavy atom. The topological polar surface area (TPSA) is 85.8 Å². The number of hydrogen-bond acceptors (Lipinski definition) is 6. The van der Waals surface area contributed by atoms with Crippen molar-refractivity contribution in [2.75, 3.05) is 6.61 Å². The van der Waals surface area contributed by atoms with Gasteiger partial charge in [-0.05, 0) is 18.2 Å². The van der Waals surface area contributed by atoms with Crippen molar-refractivity contribution in [1.82, 2.24) is 10.0 Å². The normalized spacial score (nSPS) is 13.6. The molecule has 0 spiro atoms. The Kier molecular flexibility index (Phi) is 4.33. The summed E-state index contributed by atoms with van der Waals surface area (Å²) in [5.41, 5.74) is -0.290. The van der Waals surface area contributed by atoms with Crippen LogP contribution in [0.3, 0.4) is 0 Å². The number of aromatic nitrogens is 1. The van der Waals surface area contributed by atoms with Gasteiger partial charge in [-0.15, -0.1) is 0 Å². The fraction of sp³-hybridized carbons (Fsp3) is 0.125. The number of amides is 2. The first-order chi connectivity index (χ1) is 12.3. The van der Waals surface area contributed by atoms with Gasteiger partial charge in [-0.1, -0.05) is 23.3 Å². The number of rotatable bonds is 4. The highest BCUT2D eigenvalue weighted by Crippen LogP contribution is 2.23. The molecule has 0 fully saturated rings. The molecule has 1 aliphatic rings. The van der Waals surface area contributed by atoms with Gasteiger partial charge in [0.1, 0.15) is 0 Å². The number of benzene rings is 1. The Hall–Kier alpha value is -3.43. The van der Waals surface area contributed by atoms with Crippen LogP contribution in [-0.2, 0) is 4.84 Å². The summed E-state index contributed by atoms with van der Waals surface area (Å²) in [7, 11) is 0. The molecule has 0 saturated carbocycles. The predicted molar refractivity (Wildman–Crippen MR) is 78.1 cm³/mol. The highest BCUT2D eigenvalue weighted by molar-refractivity contribution is 6.21. The predicted octanol–water partition coefficient (Wildman–Crippen LogP) is 2.39. The molecule has 2 amide bonds. The van der Waals surface area contributed by atoms with Crippen LogP contribution >= 0.6 is 0 Å². The van der Waals surface area contributed by atoms with E-state index in [2.05, 4.69) is 9.72 Å². The zero-order chi connectivity index (χ0) is 18.9. The Labute approximate surface area is 143 Å². The smallest absolute Gasteiger partial charge is 0.422 e. The molecule has 0 aliphatic carbocycles. The first-order valence-corrected chi connectivity index (χ1v) is 7.13. The van der Waals surface area contributed by atoms with Crippen molar-refractivity contribution in [3.8, 4) is 5.88 Å². The first-order valence-electron chi connectivity index (χ1n) is 7.13. The highest BCUT2D eigenvalue weighted by atomic mass is 19.4. The molecule has 0 bridgehead atoms. The van der Waals surface area contributed by atoms with Crippen molar-refractivity contribution >= 4 is 17.8 Å². The quantitative estimate of drug-likeness (QED) is 0.773. The fourth-order valence-corrected chi connectivity index (χ4v) is 2.14. The lowest BCUT2D eigenvalue weighted by atomic mass is 10.1. The Morgan fingerprint density at radius 2 is 1.62 bits per heavy atom. The largest absolute Gasteiger partial charge is 0.468 e. The second-order valence-corrected chi connectivity index (χ2v) is 5.09. The molecular formula is C16H9F3N2O5. The molecular weight excluding hydrogens is 357 g/mol. The van der Waals surface area contributed by atoms with E-state index in [9.17, 15) is 27.6 Å².